The molecular formula is C23H25F4N5O4. The van der Waals surface area contributed by atoms with Gasteiger partial charge in [0.15, 0.2) is 0 Å². The van der Waals surface area contributed by atoms with Gasteiger partial charge in [0.25, 0.3) is 0 Å². The van der Waals surface area contributed by atoms with Crippen LogP contribution in [0.5, 0.6) is 0 Å². The minimum Gasteiger partial charge on any atom is -0.444 e. The van der Waals surface area contributed by atoms with E-state index in [-0.39, 0.29) is 36.2 Å². The van der Waals surface area contributed by atoms with Gasteiger partial charge < -0.3 is 15.8 Å². The van der Waals surface area contributed by atoms with Crippen LogP contribution < -0.4 is 11.1 Å². The summed E-state index contributed by atoms with van der Waals surface area (Å²) >= 11 is 0. The number of nitrogens with two attached hydrogens (primary N) is 1. The number of benzene rings is 1. The fourth-order valence-corrected chi connectivity index (χ4v) is 3.64. The Morgan fingerprint density at radius 3 is 2.33 bits per heavy atom. The lowest BCUT2D eigenvalue weighted by Crippen LogP contribution is -2.47. The molecule has 3 amide bonds. The summed E-state index contributed by atoms with van der Waals surface area (Å²) < 4.78 is 57.6. The molecule has 3 rings (SSSR count). The summed E-state index contributed by atoms with van der Waals surface area (Å²) in [5.74, 6) is -2.76. The molecule has 1 aromatic carbocycles. The number of nitrogens with one attached hydrogen (secondary N) is 1. The van der Waals surface area contributed by atoms with Crippen molar-refractivity contribution >= 4 is 17.9 Å². The van der Waals surface area contributed by atoms with Crippen molar-refractivity contribution in [3.05, 3.63) is 47.5 Å². The number of halogens is 4. The number of amides is 3. The van der Waals surface area contributed by atoms with Gasteiger partial charge in [-0.2, -0.15) is 13.2 Å². The number of likely N-dealkylation sites (tertiary alicyclic amines) is 1. The van der Waals surface area contributed by atoms with Crippen molar-refractivity contribution in [1.29, 1.82) is 0 Å². The van der Waals surface area contributed by atoms with Gasteiger partial charge in [-0.15, -0.1) is 0 Å². The van der Waals surface area contributed by atoms with E-state index in [4.69, 9.17) is 10.5 Å². The highest BCUT2D eigenvalue weighted by atomic mass is 19.4. The first-order valence-corrected chi connectivity index (χ1v) is 10.9. The zero-order chi connectivity index (χ0) is 26.8. The lowest BCUT2D eigenvalue weighted by Gasteiger charge is -2.27. The van der Waals surface area contributed by atoms with Crippen molar-refractivity contribution < 1.29 is 36.7 Å². The summed E-state index contributed by atoms with van der Waals surface area (Å²) in [6.45, 7) is 4.40. The zero-order valence-corrected chi connectivity index (χ0v) is 19.7. The fraction of sp³-hybridized carbons (Fsp3) is 0.435. The quantitative estimate of drug-likeness (QED) is 0.594. The molecular weight excluding hydrogens is 486 g/mol. The lowest BCUT2D eigenvalue weighted by molar-refractivity contribution is -0.145. The number of hydrogen-bond donors (Lipinski definition) is 2. The SMILES string of the molecule is CC(C)(C)OC(=O)N1CC(F)CC1C(=O)NCc1cc(-c2cnc(C(F)(F)F)nc2)ccc1C(N)=O. The zero-order valence-electron chi connectivity index (χ0n) is 19.7. The molecule has 2 atom stereocenters. The Bertz CT molecular complexity index is 1150. The monoisotopic (exact) mass is 511 g/mol. The molecule has 13 heteroatoms. The van der Waals surface area contributed by atoms with Gasteiger partial charge in [0, 0.05) is 36.5 Å². The van der Waals surface area contributed by atoms with Crippen molar-refractivity contribution in [3.8, 4) is 11.1 Å². The number of aromatic nitrogens is 2. The van der Waals surface area contributed by atoms with E-state index in [0.717, 1.165) is 17.3 Å². The van der Waals surface area contributed by atoms with Crippen LogP contribution in [-0.4, -0.2) is 57.1 Å². The van der Waals surface area contributed by atoms with Crippen LogP contribution in [0.25, 0.3) is 11.1 Å². The summed E-state index contributed by atoms with van der Waals surface area (Å²) in [5, 5.41) is 2.57. The van der Waals surface area contributed by atoms with Crippen molar-refractivity contribution in [2.24, 2.45) is 5.73 Å². The summed E-state index contributed by atoms with van der Waals surface area (Å²) in [4.78, 5) is 44.8. The second-order valence-corrected chi connectivity index (χ2v) is 9.23. The Hall–Kier alpha value is -3.77. The average Bonchev–Trinajstić information content (AvgIpc) is 3.17. The van der Waals surface area contributed by atoms with Crippen LogP contribution in [0.2, 0.25) is 0 Å². The number of hydrogen-bond acceptors (Lipinski definition) is 6. The molecule has 1 saturated heterocycles. The molecule has 9 nitrogen and oxygen atoms in total. The van der Waals surface area contributed by atoms with Crippen LogP contribution in [0, 0.1) is 0 Å². The molecule has 194 valence electrons. The van der Waals surface area contributed by atoms with Crippen LogP contribution in [0.15, 0.2) is 30.6 Å². The largest absolute Gasteiger partial charge is 0.451 e. The van der Waals surface area contributed by atoms with E-state index in [1.54, 1.807) is 20.8 Å². The second-order valence-electron chi connectivity index (χ2n) is 9.23. The van der Waals surface area contributed by atoms with E-state index in [0.29, 0.717) is 5.56 Å². The Morgan fingerprint density at radius 1 is 1.14 bits per heavy atom. The molecule has 36 heavy (non-hydrogen) atoms. The molecule has 3 N–H and O–H groups in total. The van der Waals surface area contributed by atoms with Gasteiger partial charge >= 0.3 is 12.3 Å². The Labute approximate surface area is 204 Å². The van der Waals surface area contributed by atoms with E-state index >= 15 is 0 Å². The molecule has 2 aromatic rings. The van der Waals surface area contributed by atoms with Crippen LogP contribution >= 0.6 is 0 Å². The number of ether oxygens (including phenoxy) is 1. The van der Waals surface area contributed by atoms with Crippen LogP contribution in [0.4, 0.5) is 22.4 Å². The van der Waals surface area contributed by atoms with E-state index in [1.807, 2.05) is 0 Å². The molecule has 0 bridgehead atoms. The van der Waals surface area contributed by atoms with Gasteiger partial charge in [-0.05, 0) is 44.0 Å². The Balaban J connectivity index is 1.79. The normalized spacial score (nSPS) is 18.1. The third-order valence-corrected chi connectivity index (χ3v) is 5.24. The second kappa shape index (κ2) is 10.1. The summed E-state index contributed by atoms with van der Waals surface area (Å²) in [6.07, 6.45) is -5.21. The number of rotatable bonds is 5. The number of alkyl halides is 4. The number of nitrogens with zero attached hydrogens (tertiary/aromatic N) is 3. The van der Waals surface area contributed by atoms with E-state index in [9.17, 15) is 31.9 Å². The average molecular weight is 511 g/mol. The standard InChI is InChI=1S/C23H25F4N5O4/c1-22(2,3)36-21(35)32-11-15(24)7-17(32)19(34)29-8-13-6-12(4-5-16(13)18(28)33)14-9-30-20(31-10-14)23(25,26)27/h4-6,9-10,15,17H,7-8,11H2,1-3H3,(H2,28,33)(H,29,34). The third kappa shape index (κ3) is 6.46. The van der Waals surface area contributed by atoms with Crippen molar-refractivity contribution in [3.63, 3.8) is 0 Å². The van der Waals surface area contributed by atoms with Crippen LogP contribution in [0.3, 0.4) is 0 Å². The smallest absolute Gasteiger partial charge is 0.444 e. The predicted molar refractivity (Wildman–Crippen MR) is 119 cm³/mol. The van der Waals surface area contributed by atoms with Crippen molar-refractivity contribution in [1.82, 2.24) is 20.2 Å². The highest BCUT2D eigenvalue weighted by Crippen LogP contribution is 2.28. The molecule has 1 aromatic heterocycles. The first-order valence-electron chi connectivity index (χ1n) is 10.9. The molecule has 0 saturated carbocycles. The summed E-state index contributed by atoms with van der Waals surface area (Å²) in [5.41, 5.74) is 5.50. The molecule has 0 aliphatic carbocycles. The van der Waals surface area contributed by atoms with Gasteiger partial charge in [0.2, 0.25) is 17.6 Å². The van der Waals surface area contributed by atoms with Gasteiger partial charge in [-0.1, -0.05) is 6.07 Å². The number of primary amides is 1. The van der Waals surface area contributed by atoms with Gasteiger partial charge in [0.1, 0.15) is 17.8 Å². The third-order valence-electron chi connectivity index (χ3n) is 5.24. The topological polar surface area (TPSA) is 128 Å². The number of carbonyl (C=O) groups excluding carboxylic acids is 3. The van der Waals surface area contributed by atoms with Crippen LogP contribution in [0.1, 0.15) is 48.9 Å². The highest BCUT2D eigenvalue weighted by molar-refractivity contribution is 5.95. The molecule has 1 aliphatic heterocycles. The number of carbonyl (C=O) groups is 3. The Morgan fingerprint density at radius 2 is 1.78 bits per heavy atom. The maximum absolute atomic E-state index is 14.1. The fourth-order valence-electron chi connectivity index (χ4n) is 3.64. The molecule has 0 radical (unpaired) electrons. The Kier molecular flexibility index (Phi) is 7.51. The van der Waals surface area contributed by atoms with Gasteiger partial charge in [0.05, 0.1) is 6.54 Å². The molecule has 0 spiro atoms. The first-order chi connectivity index (χ1) is 16.7. The minimum atomic E-state index is -4.70. The molecule has 2 unspecified atom stereocenters. The summed E-state index contributed by atoms with van der Waals surface area (Å²) in [6, 6.07) is 3.13. The van der Waals surface area contributed by atoms with Crippen LogP contribution in [-0.2, 0) is 22.3 Å². The molecule has 1 aliphatic rings. The predicted octanol–water partition coefficient (Wildman–Crippen LogP) is 3.23. The van der Waals surface area contributed by atoms with Gasteiger partial charge in [-0.3, -0.25) is 14.5 Å². The maximum Gasteiger partial charge on any atom is 0.451 e. The minimum absolute atomic E-state index is 0.0608. The summed E-state index contributed by atoms with van der Waals surface area (Å²) in [7, 11) is 0. The van der Waals surface area contributed by atoms with E-state index in [2.05, 4.69) is 15.3 Å². The van der Waals surface area contributed by atoms with Crippen molar-refractivity contribution in [2.75, 3.05) is 6.54 Å². The van der Waals surface area contributed by atoms with Crippen molar-refractivity contribution in [2.45, 2.75) is 57.7 Å². The molecule has 2 heterocycles. The lowest BCUT2D eigenvalue weighted by atomic mass is 10.00. The van der Waals surface area contributed by atoms with E-state index < -0.39 is 47.7 Å². The van der Waals surface area contributed by atoms with Gasteiger partial charge in [-0.25, -0.2) is 19.2 Å². The highest BCUT2D eigenvalue weighted by Gasteiger charge is 2.41. The first kappa shape index (κ1) is 26.8. The molecule has 1 fully saturated rings. The van der Waals surface area contributed by atoms with E-state index in [1.165, 1.54) is 18.2 Å². The maximum atomic E-state index is 14.1.